The molecule has 1 N–H and O–H groups in total. The molecule has 194 valence electrons. The topological polar surface area (TPSA) is 96.9 Å². The van der Waals surface area contributed by atoms with Crippen LogP contribution in [-0.2, 0) is 4.74 Å². The van der Waals surface area contributed by atoms with E-state index in [4.69, 9.17) is 18.6 Å². The van der Waals surface area contributed by atoms with Crippen LogP contribution in [0.4, 0.5) is 4.79 Å². The normalized spacial score (nSPS) is 18.1. The Bertz CT molecular complexity index is 1400. The largest absolute Gasteiger partial charge is 0.619 e. The zero-order valence-corrected chi connectivity index (χ0v) is 21.6. The first kappa shape index (κ1) is 24.7. The second kappa shape index (κ2) is 9.84. The molecule has 2 heterocycles. The fraction of sp³-hybridized carbons (Fsp3) is 0.379. The zero-order chi connectivity index (χ0) is 26.2. The van der Waals surface area contributed by atoms with Crippen LogP contribution < -0.4 is 19.5 Å². The standard InChI is InChI=1S/C29H32N2O6/c1-29(2,3)37-28(32)30-19-9-11-20(12-10-19)35-21-14-22-23(26(15-21)34-4)16-31(33)17-24(22)27-13-18-7-5-6-8-25(18)36-27/h5-8,13-17,19-20H,9-12H2,1-4H3,(H,30,32)/t19-,20-. The third kappa shape index (κ3) is 5.58. The number of furan rings is 1. The van der Waals surface area contributed by atoms with Crippen LogP contribution in [0.5, 0.6) is 11.5 Å². The second-order valence-corrected chi connectivity index (χ2v) is 10.5. The maximum atomic E-state index is 12.5. The van der Waals surface area contributed by atoms with E-state index in [1.165, 1.54) is 12.4 Å². The molecule has 37 heavy (non-hydrogen) atoms. The number of hydrogen-bond donors (Lipinski definition) is 1. The first-order valence-electron chi connectivity index (χ1n) is 12.6. The molecule has 0 saturated heterocycles. The van der Waals surface area contributed by atoms with Gasteiger partial charge in [-0.2, -0.15) is 4.73 Å². The number of nitrogens with one attached hydrogen (secondary N) is 1. The summed E-state index contributed by atoms with van der Waals surface area (Å²) in [5.41, 5.74) is 0.896. The van der Waals surface area contributed by atoms with Gasteiger partial charge < -0.3 is 29.2 Å². The minimum absolute atomic E-state index is 0.00153. The highest BCUT2D eigenvalue weighted by Crippen LogP contribution is 2.38. The van der Waals surface area contributed by atoms with Crippen molar-refractivity contribution in [2.24, 2.45) is 0 Å². The maximum absolute atomic E-state index is 12.5. The van der Waals surface area contributed by atoms with Crippen LogP contribution in [0.1, 0.15) is 46.5 Å². The van der Waals surface area contributed by atoms with Gasteiger partial charge in [0.05, 0.1) is 24.2 Å². The van der Waals surface area contributed by atoms with Crippen LogP contribution in [0.2, 0.25) is 0 Å². The zero-order valence-electron chi connectivity index (χ0n) is 21.6. The van der Waals surface area contributed by atoms with E-state index in [-0.39, 0.29) is 18.2 Å². The molecule has 8 heteroatoms. The van der Waals surface area contributed by atoms with Crippen molar-refractivity contribution in [3.8, 4) is 22.8 Å². The van der Waals surface area contributed by atoms with E-state index in [1.54, 1.807) is 7.11 Å². The van der Waals surface area contributed by atoms with Gasteiger partial charge in [0.1, 0.15) is 28.4 Å². The third-order valence-electron chi connectivity index (χ3n) is 6.53. The van der Waals surface area contributed by atoms with Crippen molar-refractivity contribution in [3.05, 3.63) is 60.1 Å². The van der Waals surface area contributed by atoms with E-state index in [9.17, 15) is 10.0 Å². The number of hydrogen-bond acceptors (Lipinski definition) is 6. The van der Waals surface area contributed by atoms with Crippen LogP contribution in [0.3, 0.4) is 0 Å². The number of aromatic nitrogens is 1. The van der Waals surface area contributed by atoms with Crippen LogP contribution in [0, 0.1) is 5.21 Å². The van der Waals surface area contributed by atoms with Crippen LogP contribution in [-0.4, -0.2) is 30.9 Å². The average Bonchev–Trinajstić information content (AvgIpc) is 3.27. The van der Waals surface area contributed by atoms with Crippen molar-refractivity contribution in [2.75, 3.05) is 7.11 Å². The molecule has 2 aromatic heterocycles. The van der Waals surface area contributed by atoms with Gasteiger partial charge in [-0.15, -0.1) is 0 Å². The Labute approximate surface area is 215 Å². The van der Waals surface area contributed by atoms with Gasteiger partial charge in [0, 0.05) is 22.9 Å². The Morgan fingerprint density at radius 1 is 1.05 bits per heavy atom. The molecule has 8 nitrogen and oxygen atoms in total. The lowest BCUT2D eigenvalue weighted by Crippen LogP contribution is -2.42. The molecular weight excluding hydrogens is 472 g/mol. The lowest BCUT2D eigenvalue weighted by molar-refractivity contribution is -0.603. The molecule has 0 bridgehead atoms. The maximum Gasteiger partial charge on any atom is 0.407 e. The number of para-hydroxylation sites is 1. The Morgan fingerprint density at radius 2 is 1.81 bits per heavy atom. The first-order valence-corrected chi connectivity index (χ1v) is 12.6. The summed E-state index contributed by atoms with van der Waals surface area (Å²) in [4.78, 5) is 12.1. The Balaban J connectivity index is 1.37. The van der Waals surface area contributed by atoms with E-state index in [0.29, 0.717) is 28.2 Å². The fourth-order valence-corrected chi connectivity index (χ4v) is 4.86. The summed E-state index contributed by atoms with van der Waals surface area (Å²) in [6.45, 7) is 5.56. The molecule has 0 unspecified atom stereocenters. The number of carbonyl (C=O) groups is 1. The summed E-state index contributed by atoms with van der Waals surface area (Å²) >= 11 is 0. The third-order valence-corrected chi connectivity index (χ3v) is 6.53. The monoisotopic (exact) mass is 504 g/mol. The second-order valence-electron chi connectivity index (χ2n) is 10.5. The van der Waals surface area contributed by atoms with Gasteiger partial charge in [0.15, 0.2) is 12.4 Å². The molecular formula is C29H32N2O6. The van der Waals surface area contributed by atoms with Crippen molar-refractivity contribution < 1.29 is 28.2 Å². The summed E-state index contributed by atoms with van der Waals surface area (Å²) in [5, 5.41) is 17.9. The van der Waals surface area contributed by atoms with Crippen LogP contribution >= 0.6 is 0 Å². The highest BCUT2D eigenvalue weighted by molar-refractivity contribution is 6.00. The van der Waals surface area contributed by atoms with Crippen molar-refractivity contribution in [2.45, 2.75) is 64.2 Å². The number of amides is 1. The van der Waals surface area contributed by atoms with Gasteiger partial charge in [-0.25, -0.2) is 4.79 Å². The molecule has 0 radical (unpaired) electrons. The summed E-state index contributed by atoms with van der Waals surface area (Å²) in [5.74, 6) is 1.81. The molecule has 1 aliphatic carbocycles. The number of nitrogens with zero attached hydrogens (tertiary/aromatic N) is 1. The van der Waals surface area contributed by atoms with E-state index in [1.807, 2.05) is 63.2 Å². The number of carbonyl (C=O) groups excluding carboxylic acids is 1. The number of methoxy groups -OCH3 is 1. The lowest BCUT2D eigenvalue weighted by atomic mass is 9.93. The molecule has 5 rings (SSSR count). The van der Waals surface area contributed by atoms with Crippen molar-refractivity contribution in [1.82, 2.24) is 5.32 Å². The number of rotatable bonds is 5. The number of benzene rings is 2. The quantitative estimate of drug-likeness (QED) is 0.260. The fourth-order valence-electron chi connectivity index (χ4n) is 4.86. The summed E-state index contributed by atoms with van der Waals surface area (Å²) in [7, 11) is 1.58. The molecule has 4 aromatic rings. The molecule has 1 saturated carbocycles. The Hall–Kier alpha value is -3.94. The van der Waals surface area contributed by atoms with Crippen LogP contribution in [0.25, 0.3) is 33.1 Å². The van der Waals surface area contributed by atoms with Gasteiger partial charge in [0.2, 0.25) is 0 Å². The van der Waals surface area contributed by atoms with E-state index >= 15 is 0 Å². The number of fused-ring (bicyclic) bond motifs is 2. The van der Waals surface area contributed by atoms with E-state index in [0.717, 1.165) is 46.8 Å². The molecule has 0 spiro atoms. The predicted molar refractivity (Wildman–Crippen MR) is 141 cm³/mol. The van der Waals surface area contributed by atoms with E-state index < -0.39 is 5.60 Å². The Morgan fingerprint density at radius 3 is 2.51 bits per heavy atom. The van der Waals surface area contributed by atoms with Crippen molar-refractivity contribution >= 4 is 27.8 Å². The number of pyridine rings is 1. The predicted octanol–water partition coefficient (Wildman–Crippen LogP) is 6.11. The molecule has 1 amide bonds. The van der Waals surface area contributed by atoms with Crippen molar-refractivity contribution in [1.29, 1.82) is 0 Å². The molecule has 0 aliphatic heterocycles. The molecule has 0 atom stereocenters. The van der Waals surface area contributed by atoms with Crippen molar-refractivity contribution in [3.63, 3.8) is 0 Å². The summed E-state index contributed by atoms with van der Waals surface area (Å²) in [6, 6.07) is 13.5. The minimum atomic E-state index is -0.522. The SMILES string of the molecule is COc1cc(O[C@H]2CC[C@H](NC(=O)OC(C)(C)C)CC2)cc2c(-c3cc4ccccc4o3)c[n+]([O-])cc12. The minimum Gasteiger partial charge on any atom is -0.619 e. The molecule has 1 aliphatic rings. The van der Waals surface area contributed by atoms with Crippen LogP contribution in [0.15, 0.2) is 59.3 Å². The number of ether oxygens (including phenoxy) is 3. The van der Waals surface area contributed by atoms with Gasteiger partial charge in [0.25, 0.3) is 0 Å². The van der Waals surface area contributed by atoms with Gasteiger partial charge in [-0.1, -0.05) is 18.2 Å². The highest BCUT2D eigenvalue weighted by atomic mass is 16.6. The smallest absolute Gasteiger partial charge is 0.407 e. The lowest BCUT2D eigenvalue weighted by Gasteiger charge is -2.30. The van der Waals surface area contributed by atoms with Gasteiger partial charge >= 0.3 is 6.09 Å². The Kier molecular flexibility index (Phi) is 6.58. The number of alkyl carbamates (subject to hydrolysis) is 1. The van der Waals surface area contributed by atoms with Gasteiger partial charge in [-0.05, 0) is 64.7 Å². The first-order chi connectivity index (χ1) is 17.7. The van der Waals surface area contributed by atoms with Gasteiger partial charge in [-0.3, -0.25) is 0 Å². The highest BCUT2D eigenvalue weighted by Gasteiger charge is 2.26. The average molecular weight is 505 g/mol. The molecule has 2 aromatic carbocycles. The molecule has 1 fully saturated rings. The van der Waals surface area contributed by atoms with E-state index in [2.05, 4.69) is 5.32 Å². The summed E-state index contributed by atoms with van der Waals surface area (Å²) < 4.78 is 24.2. The summed E-state index contributed by atoms with van der Waals surface area (Å²) in [6.07, 6.45) is 5.82.